The molecule has 0 aliphatic heterocycles. The largest absolute Gasteiger partial charge is 0.455 e. The van der Waals surface area contributed by atoms with E-state index < -0.39 is 64.7 Å². The van der Waals surface area contributed by atoms with Crippen molar-refractivity contribution in [2.24, 2.45) is 0 Å². The van der Waals surface area contributed by atoms with Gasteiger partial charge in [0.05, 0.1) is 0 Å². The fourth-order valence-corrected chi connectivity index (χ4v) is 1.78. The van der Waals surface area contributed by atoms with Crippen LogP contribution in [0.15, 0.2) is 0 Å². The predicted molar refractivity (Wildman–Crippen MR) is 57.8 cm³/mol. The summed E-state index contributed by atoms with van der Waals surface area (Å²) in [6.07, 6.45) is -19.0. The lowest BCUT2D eigenvalue weighted by molar-refractivity contribution is -0.298. The molecule has 0 saturated heterocycles. The molecule has 0 saturated carbocycles. The third-order valence-electron chi connectivity index (χ3n) is 2.30. The van der Waals surface area contributed by atoms with Gasteiger partial charge in [0, 0.05) is 0 Å². The summed E-state index contributed by atoms with van der Waals surface area (Å²) in [5.74, 6) is -17.4. The van der Waals surface area contributed by atoms with E-state index in [4.69, 9.17) is 0 Å². The minimum absolute atomic E-state index is 2.89. The first-order valence-electron chi connectivity index (χ1n) is 6.06. The SMILES string of the molecule is FC(F)(F)C(F)(F)COP(OCC(F)(F)C(F)(F)F)OCC(F)(F)C(F)(F)F. The molecule has 0 aromatic carbocycles. The molecule has 3 nitrogen and oxygen atoms in total. The van der Waals surface area contributed by atoms with Crippen molar-refractivity contribution in [2.45, 2.75) is 36.3 Å². The number of hydrogen-bond donors (Lipinski definition) is 0. The molecular weight excluding hydrogens is 472 g/mol. The third-order valence-corrected chi connectivity index (χ3v) is 3.32. The molecule has 0 aromatic heterocycles. The van der Waals surface area contributed by atoms with Gasteiger partial charge in [0.2, 0.25) is 0 Å². The molecule has 0 aromatic rings. The van der Waals surface area contributed by atoms with Gasteiger partial charge in [-0.3, -0.25) is 0 Å². The molecule has 0 aliphatic carbocycles. The van der Waals surface area contributed by atoms with Crippen LogP contribution in [-0.2, 0) is 13.6 Å². The van der Waals surface area contributed by atoms with E-state index in [1.165, 1.54) is 0 Å². The van der Waals surface area contributed by atoms with Crippen LogP contribution in [0.25, 0.3) is 0 Å². The van der Waals surface area contributed by atoms with Crippen LogP contribution in [0, 0.1) is 0 Å². The Labute approximate surface area is 145 Å². The average molecular weight is 478 g/mol. The van der Waals surface area contributed by atoms with Gasteiger partial charge < -0.3 is 13.6 Å². The van der Waals surface area contributed by atoms with Gasteiger partial charge in [0.15, 0.2) is 0 Å². The van der Waals surface area contributed by atoms with Crippen molar-refractivity contribution in [2.75, 3.05) is 19.8 Å². The lowest BCUT2D eigenvalue weighted by atomic mass is 10.3. The molecular formula is C9H6F15O3P. The minimum Gasteiger partial charge on any atom is -0.306 e. The first-order chi connectivity index (χ1) is 12.0. The molecule has 0 bridgehead atoms. The fraction of sp³-hybridized carbons (Fsp3) is 1.00. The second kappa shape index (κ2) is 8.55. The Morgan fingerprint density at radius 1 is 0.393 bits per heavy atom. The van der Waals surface area contributed by atoms with E-state index in [1.54, 1.807) is 0 Å². The maximum Gasteiger partial charge on any atom is 0.455 e. The number of rotatable bonds is 9. The Kier molecular flexibility index (Phi) is 8.33. The Bertz CT molecular complexity index is 425. The highest BCUT2D eigenvalue weighted by Gasteiger charge is 2.61. The quantitative estimate of drug-likeness (QED) is 0.307. The summed E-state index contributed by atoms with van der Waals surface area (Å²) in [6.45, 7) is -8.67. The molecule has 170 valence electrons. The predicted octanol–water partition coefficient (Wildman–Crippen LogP) is 5.86. The van der Waals surface area contributed by atoms with Crippen molar-refractivity contribution in [3.8, 4) is 0 Å². The van der Waals surface area contributed by atoms with Crippen LogP contribution in [0.4, 0.5) is 65.9 Å². The standard InChI is InChI=1S/C9H6F15O3P/c10-4(11,7(16,17)18)1-25-28(26-2-5(12,13)8(19,20)21)27-3-6(14,15)9(22,23)24/h1-3H2. The van der Waals surface area contributed by atoms with E-state index in [0.717, 1.165) is 0 Å². The molecule has 0 unspecified atom stereocenters. The smallest absolute Gasteiger partial charge is 0.306 e. The van der Waals surface area contributed by atoms with Crippen LogP contribution in [-0.4, -0.2) is 56.1 Å². The minimum atomic E-state index is -6.35. The molecule has 28 heavy (non-hydrogen) atoms. The Morgan fingerprint density at radius 3 is 0.714 bits per heavy atom. The highest BCUT2D eigenvalue weighted by molar-refractivity contribution is 7.41. The Morgan fingerprint density at radius 2 is 0.571 bits per heavy atom. The molecule has 0 N–H and O–H groups in total. The summed E-state index contributed by atoms with van der Waals surface area (Å²) in [5, 5.41) is 0. The molecule has 19 heteroatoms. The average Bonchev–Trinajstić information content (AvgIpc) is 2.42. The molecule has 0 amide bonds. The van der Waals surface area contributed by atoms with Gasteiger partial charge in [-0.15, -0.1) is 0 Å². The van der Waals surface area contributed by atoms with E-state index in [1.807, 2.05) is 0 Å². The zero-order valence-electron chi connectivity index (χ0n) is 12.5. The van der Waals surface area contributed by atoms with Gasteiger partial charge in [-0.2, -0.15) is 65.9 Å². The zero-order valence-corrected chi connectivity index (χ0v) is 13.4. The summed E-state index contributed by atoms with van der Waals surface area (Å²) < 4.78 is 193. The van der Waals surface area contributed by atoms with Crippen LogP contribution in [0.3, 0.4) is 0 Å². The molecule has 0 spiro atoms. The molecule has 0 atom stereocenters. The van der Waals surface area contributed by atoms with E-state index in [2.05, 4.69) is 13.6 Å². The maximum absolute atomic E-state index is 12.6. The Hall–Kier alpha value is -0.740. The molecule has 0 heterocycles. The molecule has 0 aliphatic rings. The monoisotopic (exact) mass is 478 g/mol. The molecule has 0 radical (unpaired) electrons. The second-order valence-electron chi connectivity index (χ2n) is 4.65. The van der Waals surface area contributed by atoms with Crippen molar-refractivity contribution in [3.05, 3.63) is 0 Å². The van der Waals surface area contributed by atoms with Crippen LogP contribution >= 0.6 is 8.60 Å². The van der Waals surface area contributed by atoms with E-state index in [-0.39, 0.29) is 0 Å². The van der Waals surface area contributed by atoms with E-state index >= 15 is 0 Å². The summed E-state index contributed by atoms with van der Waals surface area (Å²) in [5.41, 5.74) is 0. The number of alkyl halides is 15. The van der Waals surface area contributed by atoms with Crippen molar-refractivity contribution < 1.29 is 79.4 Å². The highest BCUT2D eigenvalue weighted by atomic mass is 31.2. The van der Waals surface area contributed by atoms with Gasteiger partial charge in [-0.1, -0.05) is 0 Å². The summed E-state index contributed by atoms with van der Waals surface area (Å²) in [7, 11) is -4.34. The highest BCUT2D eigenvalue weighted by Crippen LogP contribution is 2.48. The third kappa shape index (κ3) is 7.59. The van der Waals surface area contributed by atoms with Gasteiger partial charge in [0.25, 0.3) is 0 Å². The van der Waals surface area contributed by atoms with Crippen molar-refractivity contribution in [1.82, 2.24) is 0 Å². The first kappa shape index (κ1) is 27.3. The topological polar surface area (TPSA) is 27.7 Å². The maximum atomic E-state index is 12.6. The lowest BCUT2D eigenvalue weighted by Gasteiger charge is -2.26. The summed E-state index contributed by atoms with van der Waals surface area (Å²) in [4.78, 5) is 0. The Balaban J connectivity index is 5.23. The van der Waals surface area contributed by atoms with Crippen LogP contribution in [0.5, 0.6) is 0 Å². The van der Waals surface area contributed by atoms with E-state index in [9.17, 15) is 65.9 Å². The van der Waals surface area contributed by atoms with Gasteiger partial charge in [-0.05, 0) is 0 Å². The zero-order chi connectivity index (χ0) is 22.8. The normalized spacial score (nSPS) is 15.4. The first-order valence-corrected chi connectivity index (χ1v) is 7.15. The van der Waals surface area contributed by atoms with Crippen molar-refractivity contribution >= 4 is 8.60 Å². The second-order valence-corrected chi connectivity index (χ2v) is 5.87. The number of halogens is 15. The summed E-state index contributed by atoms with van der Waals surface area (Å²) >= 11 is 0. The summed E-state index contributed by atoms with van der Waals surface area (Å²) in [6, 6.07) is 0. The van der Waals surface area contributed by atoms with Crippen LogP contribution in [0.2, 0.25) is 0 Å². The van der Waals surface area contributed by atoms with Gasteiger partial charge >= 0.3 is 44.9 Å². The van der Waals surface area contributed by atoms with Crippen LogP contribution < -0.4 is 0 Å². The lowest BCUT2D eigenvalue weighted by Crippen LogP contribution is -2.42. The van der Waals surface area contributed by atoms with Crippen LogP contribution in [0.1, 0.15) is 0 Å². The van der Waals surface area contributed by atoms with E-state index in [0.29, 0.717) is 0 Å². The molecule has 0 fully saturated rings. The fourth-order valence-electron chi connectivity index (χ4n) is 0.759. The van der Waals surface area contributed by atoms with Gasteiger partial charge in [0.1, 0.15) is 19.8 Å². The number of hydrogen-bond acceptors (Lipinski definition) is 3. The molecule has 0 rings (SSSR count). The van der Waals surface area contributed by atoms with Crippen molar-refractivity contribution in [1.29, 1.82) is 0 Å². The van der Waals surface area contributed by atoms with Crippen molar-refractivity contribution in [3.63, 3.8) is 0 Å². The van der Waals surface area contributed by atoms with Gasteiger partial charge in [-0.25, -0.2) is 0 Å².